The van der Waals surface area contributed by atoms with Crippen molar-refractivity contribution in [2.75, 3.05) is 19.7 Å². The van der Waals surface area contributed by atoms with E-state index in [1.54, 1.807) is 0 Å². The molecule has 2 aliphatic rings. The fourth-order valence-corrected chi connectivity index (χ4v) is 14.3. The molecule has 7 nitrogen and oxygen atoms in total. The normalized spacial score (nSPS) is 19.2. The number of rotatable bonds is 7. The molecule has 0 saturated carbocycles. The van der Waals surface area contributed by atoms with Gasteiger partial charge in [0.05, 0.1) is 12.2 Å². The average Bonchev–Trinajstić information content (AvgIpc) is 3.44. The molecule has 2 aromatic heterocycles. The molecule has 0 radical (unpaired) electrons. The lowest BCUT2D eigenvalue weighted by molar-refractivity contribution is 0.0199. The number of fused-ring (bicyclic) bond motifs is 1. The molecule has 1 amide bonds. The zero-order chi connectivity index (χ0) is 31.2. The van der Waals surface area contributed by atoms with Crippen LogP contribution in [0.4, 0.5) is 4.79 Å². The highest BCUT2D eigenvalue weighted by Crippen LogP contribution is 2.45. The van der Waals surface area contributed by atoms with Crippen LogP contribution >= 0.6 is 0 Å². The van der Waals surface area contributed by atoms with Crippen LogP contribution in [0.25, 0.3) is 16.6 Å². The molecule has 2 saturated heterocycles. The van der Waals surface area contributed by atoms with Crippen LogP contribution in [-0.2, 0) is 14.0 Å². The van der Waals surface area contributed by atoms with Gasteiger partial charge < -0.3 is 23.2 Å². The molecule has 2 aliphatic heterocycles. The highest BCUT2D eigenvalue weighted by Gasteiger charge is 2.46. The summed E-state index contributed by atoms with van der Waals surface area (Å²) in [5, 5.41) is 1.20. The number of hydrogen-bond donors (Lipinski definition) is 0. The summed E-state index contributed by atoms with van der Waals surface area (Å²) in [4.78, 5) is 19.8. The summed E-state index contributed by atoms with van der Waals surface area (Å²) in [6.07, 6.45) is 5.86. The Morgan fingerprint density at radius 2 is 1.71 bits per heavy atom. The number of piperidine rings is 1. The summed E-state index contributed by atoms with van der Waals surface area (Å²) >= 11 is 0. The van der Waals surface area contributed by atoms with Crippen molar-refractivity contribution in [3.05, 3.63) is 35.6 Å². The molecule has 0 N–H and O–H groups in total. The van der Waals surface area contributed by atoms with Gasteiger partial charge in [-0.05, 0) is 106 Å². The first-order valence-corrected chi connectivity index (χ1v) is 18.1. The third-order valence-electron chi connectivity index (χ3n) is 9.32. The summed E-state index contributed by atoms with van der Waals surface area (Å²) in [5.41, 5.74) is 5.60. The van der Waals surface area contributed by atoms with E-state index >= 15 is 0 Å². The third-order valence-corrected chi connectivity index (χ3v) is 16.1. The summed E-state index contributed by atoms with van der Waals surface area (Å²) in [6.45, 7) is 28.3. The van der Waals surface area contributed by atoms with Gasteiger partial charge in [0.15, 0.2) is 8.24 Å². The minimum absolute atomic E-state index is 0.229. The lowest BCUT2D eigenvalue weighted by Gasteiger charge is -2.44. The largest absolute Gasteiger partial charge is 0.487 e. The molecule has 0 atom stereocenters. The van der Waals surface area contributed by atoms with Gasteiger partial charge in [0.2, 0.25) is 0 Å². The molecule has 232 valence electrons. The Labute approximate surface area is 255 Å². The van der Waals surface area contributed by atoms with Gasteiger partial charge in [-0.25, -0.2) is 9.78 Å². The van der Waals surface area contributed by atoms with Gasteiger partial charge >= 0.3 is 13.2 Å². The van der Waals surface area contributed by atoms with Crippen molar-refractivity contribution < 1.29 is 18.8 Å². The van der Waals surface area contributed by atoms with Crippen LogP contribution in [-0.4, -0.2) is 66.5 Å². The minimum atomic E-state index is -2.00. The molecule has 0 unspecified atom stereocenters. The number of hydrogen-bond acceptors (Lipinski definition) is 5. The van der Waals surface area contributed by atoms with Crippen LogP contribution in [0.15, 0.2) is 24.4 Å². The van der Waals surface area contributed by atoms with E-state index in [0.717, 1.165) is 24.1 Å². The van der Waals surface area contributed by atoms with E-state index < -0.39 is 21.0 Å². The van der Waals surface area contributed by atoms with E-state index in [9.17, 15) is 4.79 Å². The number of aromatic nitrogens is 2. The third kappa shape index (κ3) is 6.39. The molecule has 0 aliphatic carbocycles. The van der Waals surface area contributed by atoms with E-state index in [1.807, 2.05) is 25.7 Å². The molecule has 2 fully saturated rings. The molecule has 0 bridgehead atoms. The zero-order valence-corrected chi connectivity index (χ0v) is 29.2. The SMILES string of the molecule is Cc1cnc2c(ccn2[Si](C(C)C)(C(C)C)C(C)C)c1/C(=C\B1OCC(C)(C)O1)C1CCN(C(=O)OC(C)(C)C)CC1. The van der Waals surface area contributed by atoms with E-state index in [1.165, 1.54) is 16.5 Å². The van der Waals surface area contributed by atoms with Gasteiger partial charge in [-0.3, -0.25) is 0 Å². The predicted octanol–water partition coefficient (Wildman–Crippen LogP) is 8.25. The Morgan fingerprint density at radius 1 is 1.12 bits per heavy atom. The summed E-state index contributed by atoms with van der Waals surface area (Å²) < 4.78 is 20.7. The Morgan fingerprint density at radius 3 is 2.21 bits per heavy atom. The number of allylic oxidation sites excluding steroid dienone is 1. The fraction of sp³-hybridized carbons (Fsp3) is 0.697. The number of amides is 1. The molecule has 2 aromatic rings. The van der Waals surface area contributed by atoms with Crippen molar-refractivity contribution >= 4 is 38.1 Å². The lowest BCUT2D eigenvalue weighted by Crippen LogP contribution is -2.51. The smallest absolute Gasteiger partial charge is 0.444 e. The highest BCUT2D eigenvalue weighted by atomic mass is 28.3. The molecule has 42 heavy (non-hydrogen) atoms. The Kier molecular flexibility index (Phi) is 9.47. The molecule has 0 aromatic carbocycles. The number of aryl methyl sites for hydroxylation is 1. The van der Waals surface area contributed by atoms with Crippen LogP contribution in [0.2, 0.25) is 16.6 Å². The molecule has 0 spiro atoms. The average molecular weight is 596 g/mol. The van der Waals surface area contributed by atoms with Crippen LogP contribution in [0, 0.1) is 12.8 Å². The first kappa shape index (κ1) is 32.8. The molecular weight excluding hydrogens is 541 g/mol. The summed E-state index contributed by atoms with van der Waals surface area (Å²) in [6, 6.07) is 2.30. The van der Waals surface area contributed by atoms with Gasteiger partial charge in [0.1, 0.15) is 11.2 Å². The van der Waals surface area contributed by atoms with Gasteiger partial charge in [-0.1, -0.05) is 47.5 Å². The molecule has 9 heteroatoms. The molecule has 4 rings (SSSR count). The van der Waals surface area contributed by atoms with Gasteiger partial charge in [-0.2, -0.15) is 0 Å². The number of carbonyl (C=O) groups is 1. The maximum Gasteiger partial charge on any atom is 0.487 e. The van der Waals surface area contributed by atoms with Gasteiger partial charge in [0, 0.05) is 24.7 Å². The standard InChI is InChI=1S/C33H54BN3O4Si/c1-22(2)42(23(3)4,24(5)6)37-18-15-27-29(25(7)20-35-30(27)37)28(19-34-39-21-33(11,12)41-34)26-13-16-36(17-14-26)31(38)40-32(8,9)10/h15,18-20,22-24,26H,13-14,16-17,21H2,1-12H3/b28-19-. The number of carbonyl (C=O) groups excluding carboxylic acids is 1. The number of nitrogens with zero attached hydrogens (tertiary/aromatic N) is 3. The summed E-state index contributed by atoms with van der Waals surface area (Å²) in [7, 11) is -2.40. The topological polar surface area (TPSA) is 65.8 Å². The second-order valence-electron chi connectivity index (χ2n) is 15.0. The van der Waals surface area contributed by atoms with Crippen LogP contribution < -0.4 is 0 Å². The van der Waals surface area contributed by atoms with E-state index in [0.29, 0.717) is 36.3 Å². The van der Waals surface area contributed by atoms with Crippen molar-refractivity contribution in [2.45, 2.75) is 124 Å². The second kappa shape index (κ2) is 12.1. The van der Waals surface area contributed by atoms with E-state index in [4.69, 9.17) is 19.0 Å². The predicted molar refractivity (Wildman–Crippen MR) is 176 cm³/mol. The summed E-state index contributed by atoms with van der Waals surface area (Å²) in [5.74, 6) is 2.47. The van der Waals surface area contributed by atoms with Gasteiger partial charge in [0.25, 0.3) is 0 Å². The number of pyridine rings is 1. The fourth-order valence-electron chi connectivity index (χ4n) is 7.73. The van der Waals surface area contributed by atoms with Crippen molar-refractivity contribution in [3.8, 4) is 0 Å². The zero-order valence-electron chi connectivity index (χ0n) is 28.2. The minimum Gasteiger partial charge on any atom is -0.444 e. The van der Waals surface area contributed by atoms with Crippen LogP contribution in [0.5, 0.6) is 0 Å². The Hall–Kier alpha value is -2.10. The first-order chi connectivity index (χ1) is 19.5. The molecule has 4 heterocycles. The van der Waals surface area contributed by atoms with Crippen LogP contribution in [0.1, 0.15) is 100 Å². The monoisotopic (exact) mass is 595 g/mol. The maximum atomic E-state index is 12.8. The second-order valence-corrected chi connectivity index (χ2v) is 20.7. The van der Waals surface area contributed by atoms with Crippen molar-refractivity contribution in [1.82, 2.24) is 14.1 Å². The number of ether oxygens (including phenoxy) is 1. The Balaban J connectivity index is 1.80. The van der Waals surface area contributed by atoms with Crippen molar-refractivity contribution in [3.63, 3.8) is 0 Å². The maximum absolute atomic E-state index is 12.8. The Bertz CT molecular complexity index is 1280. The lowest BCUT2D eigenvalue weighted by atomic mass is 9.76. The highest BCUT2D eigenvalue weighted by molar-refractivity contribution is 6.82. The quantitative estimate of drug-likeness (QED) is 0.302. The number of likely N-dealkylation sites (tertiary alicyclic amines) is 1. The van der Waals surface area contributed by atoms with Crippen molar-refractivity contribution in [2.24, 2.45) is 5.92 Å². The first-order valence-electron chi connectivity index (χ1n) is 15.9. The van der Waals surface area contributed by atoms with E-state index in [-0.39, 0.29) is 17.6 Å². The van der Waals surface area contributed by atoms with Crippen molar-refractivity contribution in [1.29, 1.82) is 0 Å². The van der Waals surface area contributed by atoms with E-state index in [2.05, 4.69) is 91.0 Å². The molecular formula is C33H54BN3O4Si. The van der Waals surface area contributed by atoms with Gasteiger partial charge in [-0.15, -0.1) is 0 Å². The van der Waals surface area contributed by atoms with Crippen LogP contribution in [0.3, 0.4) is 0 Å².